The van der Waals surface area contributed by atoms with Crippen molar-refractivity contribution in [3.63, 3.8) is 0 Å². The summed E-state index contributed by atoms with van der Waals surface area (Å²) in [5.41, 5.74) is 0.0390. The fourth-order valence-corrected chi connectivity index (χ4v) is 2.92. The summed E-state index contributed by atoms with van der Waals surface area (Å²) in [7, 11) is 0. The second-order valence-corrected chi connectivity index (χ2v) is 6.27. The van der Waals surface area contributed by atoms with Gasteiger partial charge < -0.3 is 10.1 Å². The molecule has 0 radical (unpaired) electrons. The predicted octanol–water partition coefficient (Wildman–Crippen LogP) is 2.96. The lowest BCUT2D eigenvalue weighted by Gasteiger charge is -2.21. The summed E-state index contributed by atoms with van der Waals surface area (Å²) < 4.78 is 5.76. The quantitative estimate of drug-likeness (QED) is 0.632. The predicted molar refractivity (Wildman–Crippen MR) is 89.1 cm³/mol. The molecule has 1 fully saturated rings. The van der Waals surface area contributed by atoms with Crippen molar-refractivity contribution in [2.45, 2.75) is 31.2 Å². The molecule has 2 rings (SSSR count). The molecule has 1 aromatic carbocycles. The number of ether oxygens (including phenoxy) is 1. The molecule has 5 nitrogen and oxygen atoms in total. The number of carbonyl (C=O) groups is 2. The van der Waals surface area contributed by atoms with Crippen LogP contribution in [0.25, 0.3) is 6.08 Å². The second-order valence-electron chi connectivity index (χ2n) is 5.41. The van der Waals surface area contributed by atoms with Crippen LogP contribution in [-0.2, 0) is 14.3 Å². The summed E-state index contributed by atoms with van der Waals surface area (Å²) in [5, 5.41) is 11.9. The number of amides is 1. The highest BCUT2D eigenvalue weighted by Crippen LogP contribution is 2.28. The molecular formula is C17H17BrN2O3. The summed E-state index contributed by atoms with van der Waals surface area (Å²) in [6, 6.07) is 9.59. The number of halogens is 1. The Morgan fingerprint density at radius 1 is 1.35 bits per heavy atom. The minimum absolute atomic E-state index is 0.386. The van der Waals surface area contributed by atoms with Crippen LogP contribution in [0, 0.1) is 11.3 Å². The van der Waals surface area contributed by atoms with Crippen molar-refractivity contribution in [2.24, 2.45) is 0 Å². The first-order valence-corrected chi connectivity index (χ1v) is 8.16. The summed E-state index contributed by atoms with van der Waals surface area (Å²) in [4.78, 5) is 23.5. The average Bonchev–Trinajstić information content (AvgIpc) is 3.01. The number of esters is 1. The van der Waals surface area contributed by atoms with Crippen molar-refractivity contribution < 1.29 is 14.3 Å². The van der Waals surface area contributed by atoms with Gasteiger partial charge in [0.2, 0.25) is 0 Å². The van der Waals surface area contributed by atoms with E-state index in [1.165, 1.54) is 6.08 Å². The maximum atomic E-state index is 11.8. The molecule has 0 heterocycles. The van der Waals surface area contributed by atoms with Crippen LogP contribution >= 0.6 is 15.9 Å². The molecule has 0 spiro atoms. The van der Waals surface area contributed by atoms with Gasteiger partial charge in [-0.25, -0.2) is 4.79 Å². The normalized spacial score (nSPS) is 16.0. The maximum Gasteiger partial charge on any atom is 0.331 e. The number of benzene rings is 1. The molecule has 1 aliphatic rings. The van der Waals surface area contributed by atoms with Crippen molar-refractivity contribution in [3.8, 4) is 6.07 Å². The minimum atomic E-state index is -0.797. The van der Waals surface area contributed by atoms with Crippen LogP contribution in [-0.4, -0.2) is 24.0 Å². The molecule has 0 aliphatic heterocycles. The Hall–Kier alpha value is -2.13. The first kappa shape index (κ1) is 17.2. The van der Waals surface area contributed by atoms with Gasteiger partial charge in [0.15, 0.2) is 6.61 Å². The van der Waals surface area contributed by atoms with E-state index in [0.29, 0.717) is 12.8 Å². The standard InChI is InChI=1S/C17H17BrN2O3/c18-14-6-2-1-5-13(14)7-8-16(22)23-11-15(21)20-17(12-19)9-3-4-10-17/h1-2,5-8H,3-4,9-11H2,(H,20,21)/b8-7+. The smallest absolute Gasteiger partial charge is 0.331 e. The van der Waals surface area contributed by atoms with Crippen LogP contribution in [0.4, 0.5) is 0 Å². The average molecular weight is 377 g/mol. The van der Waals surface area contributed by atoms with Crippen LogP contribution in [0.3, 0.4) is 0 Å². The molecule has 0 bridgehead atoms. The van der Waals surface area contributed by atoms with Crippen molar-refractivity contribution in [1.29, 1.82) is 5.26 Å². The molecule has 0 atom stereocenters. The lowest BCUT2D eigenvalue weighted by molar-refractivity contribution is -0.144. The molecule has 0 unspecified atom stereocenters. The number of nitriles is 1. The fraction of sp³-hybridized carbons (Fsp3) is 0.353. The van der Waals surface area contributed by atoms with E-state index in [2.05, 4.69) is 27.3 Å². The van der Waals surface area contributed by atoms with E-state index in [1.54, 1.807) is 6.08 Å². The van der Waals surface area contributed by atoms with Crippen LogP contribution in [0.15, 0.2) is 34.8 Å². The van der Waals surface area contributed by atoms with E-state index >= 15 is 0 Å². The van der Waals surface area contributed by atoms with Crippen LogP contribution in [0.1, 0.15) is 31.2 Å². The van der Waals surface area contributed by atoms with Crippen molar-refractivity contribution in [2.75, 3.05) is 6.61 Å². The molecular weight excluding hydrogens is 360 g/mol. The van der Waals surface area contributed by atoms with Gasteiger partial charge in [0, 0.05) is 10.5 Å². The van der Waals surface area contributed by atoms with Crippen molar-refractivity contribution >= 4 is 33.9 Å². The van der Waals surface area contributed by atoms with Gasteiger partial charge in [0.1, 0.15) is 5.54 Å². The molecule has 1 N–H and O–H groups in total. The number of nitrogens with one attached hydrogen (secondary N) is 1. The number of hydrogen-bond acceptors (Lipinski definition) is 4. The van der Waals surface area contributed by atoms with Gasteiger partial charge in [0.25, 0.3) is 5.91 Å². The van der Waals surface area contributed by atoms with Gasteiger partial charge >= 0.3 is 5.97 Å². The van der Waals surface area contributed by atoms with Gasteiger partial charge in [-0.15, -0.1) is 0 Å². The summed E-state index contributed by atoms with van der Waals surface area (Å²) >= 11 is 3.37. The van der Waals surface area contributed by atoms with E-state index in [1.807, 2.05) is 24.3 Å². The Labute approximate surface area is 143 Å². The number of nitrogens with zero attached hydrogens (tertiary/aromatic N) is 1. The summed E-state index contributed by atoms with van der Waals surface area (Å²) in [6.07, 6.45) is 6.00. The van der Waals surface area contributed by atoms with Gasteiger partial charge in [-0.1, -0.05) is 34.1 Å². The van der Waals surface area contributed by atoms with E-state index in [0.717, 1.165) is 22.9 Å². The molecule has 1 saturated carbocycles. The van der Waals surface area contributed by atoms with Crippen molar-refractivity contribution in [3.05, 3.63) is 40.4 Å². The Morgan fingerprint density at radius 3 is 2.70 bits per heavy atom. The van der Waals surface area contributed by atoms with Crippen LogP contribution < -0.4 is 5.32 Å². The Bertz CT molecular complexity index is 658. The molecule has 6 heteroatoms. The van der Waals surface area contributed by atoms with Crippen molar-refractivity contribution in [1.82, 2.24) is 5.32 Å². The highest BCUT2D eigenvalue weighted by Gasteiger charge is 2.35. The van der Waals surface area contributed by atoms with Gasteiger partial charge in [0.05, 0.1) is 6.07 Å². The lowest BCUT2D eigenvalue weighted by atomic mass is 10.00. The topological polar surface area (TPSA) is 79.2 Å². The first-order chi connectivity index (χ1) is 11.0. The highest BCUT2D eigenvalue weighted by atomic mass is 79.9. The second kappa shape index (κ2) is 7.93. The molecule has 1 amide bonds. The monoisotopic (exact) mass is 376 g/mol. The summed E-state index contributed by atoms with van der Waals surface area (Å²) in [5.74, 6) is -1.05. The summed E-state index contributed by atoms with van der Waals surface area (Å²) in [6.45, 7) is -0.386. The Morgan fingerprint density at radius 2 is 2.04 bits per heavy atom. The number of hydrogen-bond donors (Lipinski definition) is 1. The maximum absolute atomic E-state index is 11.8. The molecule has 23 heavy (non-hydrogen) atoms. The van der Waals surface area contributed by atoms with E-state index in [9.17, 15) is 14.9 Å². The third-order valence-corrected chi connectivity index (χ3v) is 4.42. The third-order valence-electron chi connectivity index (χ3n) is 3.70. The Balaban J connectivity index is 1.81. The molecule has 0 saturated heterocycles. The third kappa shape index (κ3) is 4.93. The zero-order valence-corrected chi connectivity index (χ0v) is 14.1. The van der Waals surface area contributed by atoms with E-state index in [-0.39, 0.29) is 6.61 Å². The van der Waals surface area contributed by atoms with Crippen LogP contribution in [0.5, 0.6) is 0 Å². The molecule has 1 aliphatic carbocycles. The SMILES string of the molecule is N#CC1(NC(=O)COC(=O)/C=C/c2ccccc2Br)CCCC1. The van der Waals surface area contributed by atoms with E-state index in [4.69, 9.17) is 4.74 Å². The van der Waals surface area contributed by atoms with Gasteiger partial charge in [-0.3, -0.25) is 4.79 Å². The fourth-order valence-electron chi connectivity index (χ4n) is 2.50. The van der Waals surface area contributed by atoms with Gasteiger partial charge in [-0.05, 0) is 43.4 Å². The largest absolute Gasteiger partial charge is 0.452 e. The Kier molecular flexibility index (Phi) is 5.94. The van der Waals surface area contributed by atoms with Crippen LogP contribution in [0.2, 0.25) is 0 Å². The van der Waals surface area contributed by atoms with Gasteiger partial charge in [-0.2, -0.15) is 5.26 Å². The number of rotatable bonds is 5. The lowest BCUT2D eigenvalue weighted by Crippen LogP contribution is -2.46. The zero-order chi connectivity index (χ0) is 16.7. The minimum Gasteiger partial charge on any atom is -0.452 e. The number of carbonyl (C=O) groups excluding carboxylic acids is 2. The molecule has 0 aromatic heterocycles. The highest BCUT2D eigenvalue weighted by molar-refractivity contribution is 9.10. The zero-order valence-electron chi connectivity index (χ0n) is 12.5. The van der Waals surface area contributed by atoms with E-state index < -0.39 is 17.4 Å². The molecule has 1 aromatic rings. The first-order valence-electron chi connectivity index (χ1n) is 7.36. The molecule has 120 valence electrons.